The van der Waals surface area contributed by atoms with Crippen LogP contribution in [0.5, 0.6) is 0 Å². The van der Waals surface area contributed by atoms with Crippen molar-refractivity contribution in [1.29, 1.82) is 0 Å². The lowest BCUT2D eigenvalue weighted by Crippen LogP contribution is -2.06. The van der Waals surface area contributed by atoms with Gasteiger partial charge >= 0.3 is 11.9 Å². The van der Waals surface area contributed by atoms with Gasteiger partial charge in [0.1, 0.15) is 0 Å². The number of hydrogen-bond acceptors (Lipinski definition) is 4. The van der Waals surface area contributed by atoms with Gasteiger partial charge in [0.05, 0.1) is 6.61 Å². The highest BCUT2D eigenvalue weighted by Crippen LogP contribution is 2.14. The van der Waals surface area contributed by atoms with Crippen LogP contribution < -0.4 is 0 Å². The molecular weight excluding hydrogens is 408 g/mol. The van der Waals surface area contributed by atoms with Gasteiger partial charge < -0.3 is 9.84 Å². The maximum atomic E-state index is 11.7. The maximum absolute atomic E-state index is 11.7. The standard InChI is InChI=1S/C26H50O4S/c1-24(2)18-14-12-10-8-6-4-3-5-7-9-11-13-15-21-30-26(29)20-17-23-31-22-16-19-25(27)28/h24H,3-23H2,1-2H3,(H,27,28). The number of esters is 1. The molecule has 0 heterocycles. The number of carbonyl (C=O) groups is 2. The molecule has 0 saturated carbocycles. The van der Waals surface area contributed by atoms with Crippen LogP contribution in [0.15, 0.2) is 0 Å². The van der Waals surface area contributed by atoms with Crippen molar-refractivity contribution in [3.05, 3.63) is 0 Å². The summed E-state index contributed by atoms with van der Waals surface area (Å²) in [6.45, 7) is 5.19. The number of carboxylic acid groups (broad SMARTS) is 1. The van der Waals surface area contributed by atoms with E-state index in [0.717, 1.165) is 36.7 Å². The Hall–Kier alpha value is -0.710. The van der Waals surface area contributed by atoms with Crippen molar-refractivity contribution < 1.29 is 19.4 Å². The highest BCUT2D eigenvalue weighted by molar-refractivity contribution is 7.99. The zero-order valence-corrected chi connectivity index (χ0v) is 21.3. The summed E-state index contributed by atoms with van der Waals surface area (Å²) in [6, 6.07) is 0. The third-order valence-electron chi connectivity index (χ3n) is 5.54. The van der Waals surface area contributed by atoms with Crippen LogP contribution in [0, 0.1) is 5.92 Å². The predicted molar refractivity (Wildman–Crippen MR) is 134 cm³/mol. The van der Waals surface area contributed by atoms with Crippen LogP contribution in [0.4, 0.5) is 0 Å². The van der Waals surface area contributed by atoms with Gasteiger partial charge in [-0.2, -0.15) is 11.8 Å². The van der Waals surface area contributed by atoms with Gasteiger partial charge in [-0.15, -0.1) is 0 Å². The molecule has 0 saturated heterocycles. The van der Waals surface area contributed by atoms with Crippen molar-refractivity contribution in [3.8, 4) is 0 Å². The van der Waals surface area contributed by atoms with Crippen LogP contribution in [0.2, 0.25) is 0 Å². The van der Waals surface area contributed by atoms with Crippen LogP contribution in [0.1, 0.15) is 129 Å². The second-order valence-electron chi connectivity index (χ2n) is 9.21. The van der Waals surface area contributed by atoms with Crippen LogP contribution in [-0.2, 0) is 14.3 Å². The number of carboxylic acids is 1. The predicted octanol–water partition coefficient (Wildman–Crippen LogP) is 8.03. The molecule has 0 atom stereocenters. The van der Waals surface area contributed by atoms with Gasteiger partial charge in [0, 0.05) is 12.8 Å². The molecule has 31 heavy (non-hydrogen) atoms. The summed E-state index contributed by atoms with van der Waals surface area (Å²) in [5.41, 5.74) is 0. The topological polar surface area (TPSA) is 63.6 Å². The Labute approximate surface area is 196 Å². The summed E-state index contributed by atoms with van der Waals surface area (Å²) in [5.74, 6) is 1.77. The summed E-state index contributed by atoms with van der Waals surface area (Å²) in [4.78, 5) is 22.1. The summed E-state index contributed by atoms with van der Waals surface area (Å²) < 4.78 is 5.29. The Bertz CT molecular complexity index is 412. The summed E-state index contributed by atoms with van der Waals surface area (Å²) in [7, 11) is 0. The number of rotatable bonds is 24. The fourth-order valence-corrected chi connectivity index (χ4v) is 4.50. The van der Waals surface area contributed by atoms with Crippen molar-refractivity contribution in [2.24, 2.45) is 5.92 Å². The zero-order chi connectivity index (χ0) is 23.0. The largest absolute Gasteiger partial charge is 0.481 e. The lowest BCUT2D eigenvalue weighted by molar-refractivity contribution is -0.143. The molecule has 0 bridgehead atoms. The fraction of sp³-hybridized carbons (Fsp3) is 0.923. The Morgan fingerprint density at radius 1 is 0.677 bits per heavy atom. The van der Waals surface area contributed by atoms with Gasteiger partial charge in [0.15, 0.2) is 0 Å². The van der Waals surface area contributed by atoms with Crippen molar-refractivity contribution in [1.82, 2.24) is 0 Å². The van der Waals surface area contributed by atoms with E-state index in [4.69, 9.17) is 9.84 Å². The van der Waals surface area contributed by atoms with Crippen molar-refractivity contribution in [2.45, 2.75) is 129 Å². The molecule has 0 aromatic heterocycles. The monoisotopic (exact) mass is 458 g/mol. The van der Waals surface area contributed by atoms with Crippen LogP contribution >= 0.6 is 11.8 Å². The minimum Gasteiger partial charge on any atom is -0.481 e. The number of carbonyl (C=O) groups excluding carboxylic acids is 1. The van der Waals surface area contributed by atoms with Gasteiger partial charge in [-0.05, 0) is 36.7 Å². The lowest BCUT2D eigenvalue weighted by Gasteiger charge is -2.06. The summed E-state index contributed by atoms with van der Waals surface area (Å²) in [6.07, 6.45) is 20.9. The van der Waals surface area contributed by atoms with E-state index < -0.39 is 5.97 Å². The molecule has 0 aromatic rings. The molecule has 0 amide bonds. The molecule has 0 aromatic carbocycles. The maximum Gasteiger partial charge on any atom is 0.305 e. The van der Waals surface area contributed by atoms with Crippen molar-refractivity contribution in [2.75, 3.05) is 18.1 Å². The highest BCUT2D eigenvalue weighted by atomic mass is 32.2. The van der Waals surface area contributed by atoms with Gasteiger partial charge in [0.2, 0.25) is 0 Å². The Kier molecular flexibility index (Phi) is 23.4. The average Bonchev–Trinajstić information content (AvgIpc) is 2.72. The van der Waals surface area contributed by atoms with E-state index in [9.17, 15) is 9.59 Å². The van der Waals surface area contributed by atoms with Crippen LogP contribution in [0.25, 0.3) is 0 Å². The molecule has 184 valence electrons. The molecular formula is C26H50O4S. The van der Waals surface area contributed by atoms with E-state index in [-0.39, 0.29) is 12.4 Å². The minimum atomic E-state index is -0.738. The first kappa shape index (κ1) is 30.3. The number of unbranched alkanes of at least 4 members (excludes halogenated alkanes) is 12. The first-order valence-electron chi connectivity index (χ1n) is 13.0. The Balaban J connectivity index is 3.15. The molecule has 0 radical (unpaired) electrons. The molecule has 0 unspecified atom stereocenters. The van der Waals surface area contributed by atoms with E-state index in [1.54, 1.807) is 11.8 Å². The van der Waals surface area contributed by atoms with E-state index in [0.29, 0.717) is 19.4 Å². The first-order valence-corrected chi connectivity index (χ1v) is 14.1. The second-order valence-corrected chi connectivity index (χ2v) is 10.4. The average molecular weight is 459 g/mol. The SMILES string of the molecule is CC(C)CCCCCCCCCCCCCCCOC(=O)CCCSCCCC(=O)O. The fourth-order valence-electron chi connectivity index (χ4n) is 3.60. The Morgan fingerprint density at radius 2 is 1.13 bits per heavy atom. The quantitative estimate of drug-likeness (QED) is 0.117. The van der Waals surface area contributed by atoms with Gasteiger partial charge in [-0.25, -0.2) is 0 Å². The van der Waals surface area contributed by atoms with E-state index in [1.165, 1.54) is 77.0 Å². The molecule has 4 nitrogen and oxygen atoms in total. The molecule has 0 spiro atoms. The van der Waals surface area contributed by atoms with Gasteiger partial charge in [0.25, 0.3) is 0 Å². The Morgan fingerprint density at radius 3 is 1.61 bits per heavy atom. The number of aliphatic carboxylic acids is 1. The van der Waals surface area contributed by atoms with Crippen LogP contribution in [-0.4, -0.2) is 35.2 Å². The third-order valence-corrected chi connectivity index (χ3v) is 6.69. The molecule has 0 aliphatic carbocycles. The number of ether oxygens (including phenoxy) is 1. The third kappa shape index (κ3) is 27.3. The van der Waals surface area contributed by atoms with Crippen molar-refractivity contribution >= 4 is 23.7 Å². The second kappa shape index (κ2) is 23.9. The van der Waals surface area contributed by atoms with Crippen molar-refractivity contribution in [3.63, 3.8) is 0 Å². The molecule has 0 aliphatic rings. The summed E-state index contributed by atoms with van der Waals surface area (Å²) in [5, 5.41) is 8.56. The molecule has 0 fully saturated rings. The summed E-state index contributed by atoms with van der Waals surface area (Å²) >= 11 is 1.72. The molecule has 0 aliphatic heterocycles. The molecule has 5 heteroatoms. The van der Waals surface area contributed by atoms with E-state index in [2.05, 4.69) is 13.8 Å². The lowest BCUT2D eigenvalue weighted by atomic mass is 10.0. The molecule has 1 N–H and O–H groups in total. The van der Waals surface area contributed by atoms with Gasteiger partial charge in [-0.1, -0.05) is 97.3 Å². The minimum absolute atomic E-state index is 0.0916. The normalized spacial score (nSPS) is 11.2. The number of hydrogen-bond donors (Lipinski definition) is 1. The van der Waals surface area contributed by atoms with E-state index >= 15 is 0 Å². The smallest absolute Gasteiger partial charge is 0.305 e. The van der Waals surface area contributed by atoms with Gasteiger partial charge in [-0.3, -0.25) is 9.59 Å². The first-order chi connectivity index (χ1) is 15.0. The highest BCUT2D eigenvalue weighted by Gasteiger charge is 2.03. The zero-order valence-electron chi connectivity index (χ0n) is 20.5. The van der Waals surface area contributed by atoms with Crippen LogP contribution in [0.3, 0.4) is 0 Å². The molecule has 0 rings (SSSR count). The number of thioether (sulfide) groups is 1. The van der Waals surface area contributed by atoms with E-state index in [1.807, 2.05) is 0 Å².